The second-order valence-corrected chi connectivity index (χ2v) is 7.71. The first kappa shape index (κ1) is 23.9. The van der Waals surface area contributed by atoms with Crippen molar-refractivity contribution in [2.24, 2.45) is 0 Å². The number of hydrogen-bond acceptors (Lipinski definition) is 4. The third-order valence-corrected chi connectivity index (χ3v) is 4.95. The number of benzene rings is 2. The summed E-state index contributed by atoms with van der Waals surface area (Å²) in [5, 5.41) is 5.62. The molecule has 0 unspecified atom stereocenters. The lowest BCUT2D eigenvalue weighted by atomic mass is 10.1. The highest BCUT2D eigenvalue weighted by Crippen LogP contribution is 2.25. The molecule has 0 aliphatic heterocycles. The first-order valence-electron chi connectivity index (χ1n) is 10.2. The Morgan fingerprint density at radius 2 is 1.77 bits per heavy atom. The van der Waals surface area contributed by atoms with E-state index in [4.69, 9.17) is 9.47 Å². The van der Waals surface area contributed by atoms with E-state index < -0.39 is 0 Å². The van der Waals surface area contributed by atoms with Crippen molar-refractivity contribution < 1.29 is 19.1 Å². The standard InChI is InChI=1S/C23H29BrN2O4/c1-3-4-5-8-14-30-21-12-11-17(24)16-19(21)23(28)26-20-10-7-6-9-18(20)22(27)25-13-15-29-2/h6-7,9-12,16H,3-5,8,13-15H2,1-2H3,(H,25,27)(H,26,28). The maximum absolute atomic E-state index is 13.0. The van der Waals surface area contributed by atoms with Gasteiger partial charge in [0.15, 0.2) is 0 Å². The number of halogens is 1. The third kappa shape index (κ3) is 7.46. The smallest absolute Gasteiger partial charge is 0.259 e. The zero-order valence-corrected chi connectivity index (χ0v) is 19.1. The number of ether oxygens (including phenoxy) is 2. The Morgan fingerprint density at radius 1 is 0.967 bits per heavy atom. The summed E-state index contributed by atoms with van der Waals surface area (Å²) < 4.78 is 11.6. The molecular formula is C23H29BrN2O4. The van der Waals surface area contributed by atoms with E-state index in [-0.39, 0.29) is 11.8 Å². The van der Waals surface area contributed by atoms with Gasteiger partial charge in [0.2, 0.25) is 0 Å². The van der Waals surface area contributed by atoms with Crippen molar-refractivity contribution >= 4 is 33.4 Å². The van der Waals surface area contributed by atoms with Gasteiger partial charge < -0.3 is 20.1 Å². The average Bonchev–Trinajstić information content (AvgIpc) is 2.75. The third-order valence-electron chi connectivity index (χ3n) is 4.45. The SMILES string of the molecule is CCCCCCOc1ccc(Br)cc1C(=O)Nc1ccccc1C(=O)NCCOC. The minimum Gasteiger partial charge on any atom is -0.493 e. The van der Waals surface area contributed by atoms with Crippen molar-refractivity contribution in [1.82, 2.24) is 5.32 Å². The summed E-state index contributed by atoms with van der Waals surface area (Å²) >= 11 is 3.41. The molecule has 2 amide bonds. The fraction of sp³-hybridized carbons (Fsp3) is 0.391. The predicted octanol–water partition coefficient (Wildman–Crippen LogP) is 5.04. The molecule has 0 aliphatic carbocycles. The molecule has 2 aromatic carbocycles. The number of carbonyl (C=O) groups is 2. The number of unbranched alkanes of at least 4 members (excludes halogenated alkanes) is 3. The van der Waals surface area contributed by atoms with E-state index in [1.54, 1.807) is 43.5 Å². The molecule has 0 saturated heterocycles. The molecule has 0 aromatic heterocycles. The van der Waals surface area contributed by atoms with Crippen molar-refractivity contribution in [3.8, 4) is 5.75 Å². The van der Waals surface area contributed by atoms with Gasteiger partial charge in [-0.2, -0.15) is 0 Å². The van der Waals surface area contributed by atoms with E-state index in [0.717, 1.165) is 23.7 Å². The Bertz CT molecular complexity index is 842. The van der Waals surface area contributed by atoms with Crippen LogP contribution in [0.15, 0.2) is 46.9 Å². The fourth-order valence-corrected chi connectivity index (χ4v) is 3.22. The van der Waals surface area contributed by atoms with Gasteiger partial charge in [-0.25, -0.2) is 0 Å². The van der Waals surface area contributed by atoms with E-state index in [2.05, 4.69) is 33.5 Å². The number of hydrogen-bond donors (Lipinski definition) is 2. The van der Waals surface area contributed by atoms with Crippen molar-refractivity contribution in [3.63, 3.8) is 0 Å². The summed E-state index contributed by atoms with van der Waals surface area (Å²) in [5.74, 6) is -0.0872. The van der Waals surface area contributed by atoms with Crippen LogP contribution >= 0.6 is 15.9 Å². The van der Waals surface area contributed by atoms with Gasteiger partial charge in [-0.3, -0.25) is 9.59 Å². The van der Waals surface area contributed by atoms with E-state index in [9.17, 15) is 9.59 Å². The number of amides is 2. The fourth-order valence-electron chi connectivity index (χ4n) is 2.86. The molecule has 2 aromatic rings. The Hall–Kier alpha value is -2.38. The normalized spacial score (nSPS) is 10.5. The van der Waals surface area contributed by atoms with Crippen LogP contribution in [-0.2, 0) is 4.74 Å². The minimum atomic E-state index is -0.336. The van der Waals surface area contributed by atoms with E-state index in [1.807, 2.05) is 6.07 Å². The molecule has 2 rings (SSSR count). The molecule has 0 radical (unpaired) electrons. The molecule has 0 aliphatic rings. The molecule has 7 heteroatoms. The number of rotatable bonds is 12. The highest BCUT2D eigenvalue weighted by molar-refractivity contribution is 9.10. The zero-order valence-electron chi connectivity index (χ0n) is 17.5. The molecule has 162 valence electrons. The lowest BCUT2D eigenvalue weighted by Crippen LogP contribution is -2.28. The number of methoxy groups -OCH3 is 1. The van der Waals surface area contributed by atoms with E-state index in [0.29, 0.717) is 42.3 Å². The highest BCUT2D eigenvalue weighted by Gasteiger charge is 2.17. The first-order valence-corrected chi connectivity index (χ1v) is 11.0. The van der Waals surface area contributed by atoms with Crippen molar-refractivity contribution in [3.05, 3.63) is 58.1 Å². The van der Waals surface area contributed by atoms with Crippen LogP contribution in [-0.4, -0.2) is 38.7 Å². The maximum atomic E-state index is 13.0. The van der Waals surface area contributed by atoms with Gasteiger partial charge in [0.1, 0.15) is 5.75 Å². The Balaban J connectivity index is 2.12. The Kier molecular flexibility index (Phi) is 10.4. The summed E-state index contributed by atoms with van der Waals surface area (Å²) in [7, 11) is 1.57. The van der Waals surface area contributed by atoms with Crippen molar-refractivity contribution in [2.45, 2.75) is 32.6 Å². The molecule has 0 spiro atoms. The Morgan fingerprint density at radius 3 is 2.53 bits per heavy atom. The number of anilines is 1. The van der Waals surface area contributed by atoms with Crippen LogP contribution in [0.1, 0.15) is 53.3 Å². The van der Waals surface area contributed by atoms with Crippen LogP contribution in [0.25, 0.3) is 0 Å². The highest BCUT2D eigenvalue weighted by atomic mass is 79.9. The quantitative estimate of drug-likeness (QED) is 0.420. The number of nitrogens with one attached hydrogen (secondary N) is 2. The zero-order chi connectivity index (χ0) is 21.8. The summed E-state index contributed by atoms with van der Waals surface area (Å²) in [6.07, 6.45) is 4.36. The van der Waals surface area contributed by atoms with Gasteiger partial charge in [0.05, 0.1) is 30.0 Å². The first-order chi connectivity index (χ1) is 14.6. The van der Waals surface area contributed by atoms with Gasteiger partial charge in [0.25, 0.3) is 11.8 Å². The van der Waals surface area contributed by atoms with Crippen LogP contribution in [0, 0.1) is 0 Å². The lowest BCUT2D eigenvalue weighted by Gasteiger charge is -2.14. The summed E-state index contributed by atoms with van der Waals surface area (Å²) in [6.45, 7) is 3.52. The molecule has 30 heavy (non-hydrogen) atoms. The van der Waals surface area contributed by atoms with Gasteiger partial charge in [-0.05, 0) is 36.8 Å². The van der Waals surface area contributed by atoms with Crippen LogP contribution in [0.3, 0.4) is 0 Å². The molecule has 0 fully saturated rings. The molecule has 0 saturated carbocycles. The largest absolute Gasteiger partial charge is 0.493 e. The monoisotopic (exact) mass is 476 g/mol. The Labute approximate surface area is 186 Å². The predicted molar refractivity (Wildman–Crippen MR) is 122 cm³/mol. The topological polar surface area (TPSA) is 76.7 Å². The molecule has 2 N–H and O–H groups in total. The molecule has 6 nitrogen and oxygen atoms in total. The molecular weight excluding hydrogens is 448 g/mol. The van der Waals surface area contributed by atoms with Crippen LogP contribution in [0.2, 0.25) is 0 Å². The van der Waals surface area contributed by atoms with E-state index >= 15 is 0 Å². The molecule has 0 bridgehead atoms. The number of carbonyl (C=O) groups excluding carboxylic acids is 2. The van der Waals surface area contributed by atoms with Gasteiger partial charge in [0, 0.05) is 18.1 Å². The second-order valence-electron chi connectivity index (χ2n) is 6.80. The number of para-hydroxylation sites is 1. The van der Waals surface area contributed by atoms with E-state index in [1.165, 1.54) is 6.42 Å². The van der Waals surface area contributed by atoms with Crippen molar-refractivity contribution in [2.75, 3.05) is 32.2 Å². The molecule has 0 atom stereocenters. The van der Waals surface area contributed by atoms with Gasteiger partial charge in [-0.1, -0.05) is 54.2 Å². The van der Waals surface area contributed by atoms with Gasteiger partial charge >= 0.3 is 0 Å². The van der Waals surface area contributed by atoms with Crippen molar-refractivity contribution in [1.29, 1.82) is 0 Å². The molecule has 0 heterocycles. The van der Waals surface area contributed by atoms with Crippen LogP contribution in [0.5, 0.6) is 5.75 Å². The summed E-state index contributed by atoms with van der Waals surface area (Å²) in [6, 6.07) is 12.2. The minimum absolute atomic E-state index is 0.274. The van der Waals surface area contributed by atoms with Crippen LogP contribution in [0.4, 0.5) is 5.69 Å². The second kappa shape index (κ2) is 13.0. The lowest BCUT2D eigenvalue weighted by molar-refractivity contribution is 0.0938. The average molecular weight is 477 g/mol. The summed E-state index contributed by atoms with van der Waals surface area (Å²) in [5.41, 5.74) is 1.24. The summed E-state index contributed by atoms with van der Waals surface area (Å²) in [4.78, 5) is 25.5. The maximum Gasteiger partial charge on any atom is 0.259 e. The van der Waals surface area contributed by atoms with Gasteiger partial charge in [-0.15, -0.1) is 0 Å². The van der Waals surface area contributed by atoms with Crippen LogP contribution < -0.4 is 15.4 Å².